The van der Waals surface area contributed by atoms with Crippen molar-refractivity contribution >= 4 is 23.6 Å². The van der Waals surface area contributed by atoms with Crippen LogP contribution in [0.1, 0.15) is 5.76 Å². The number of benzene rings is 1. The highest BCUT2D eigenvalue weighted by atomic mass is 35.5. The molecule has 5 heteroatoms. The number of carbonyl (C=O) groups is 1. The van der Waals surface area contributed by atoms with E-state index in [1.807, 2.05) is 12.1 Å². The van der Waals surface area contributed by atoms with Crippen molar-refractivity contribution < 1.29 is 13.9 Å². The number of nitriles is 1. The molecule has 22 heavy (non-hydrogen) atoms. The topological polar surface area (TPSA) is 63.2 Å². The summed E-state index contributed by atoms with van der Waals surface area (Å²) in [6.45, 7) is 3.49. The lowest BCUT2D eigenvalue weighted by atomic mass is 10.2. The van der Waals surface area contributed by atoms with E-state index in [-0.39, 0.29) is 12.2 Å². The molecule has 0 unspecified atom stereocenters. The van der Waals surface area contributed by atoms with Gasteiger partial charge in [-0.25, -0.2) is 4.79 Å². The molecule has 4 nitrogen and oxygen atoms in total. The predicted molar refractivity (Wildman–Crippen MR) is 83.9 cm³/mol. The largest absolute Gasteiger partial charge is 0.457 e. The summed E-state index contributed by atoms with van der Waals surface area (Å²) in [6.07, 6.45) is 2.77. The zero-order chi connectivity index (χ0) is 15.9. The van der Waals surface area contributed by atoms with E-state index in [1.54, 1.807) is 30.3 Å². The molecule has 110 valence electrons. The second-order valence-electron chi connectivity index (χ2n) is 4.27. The number of halogens is 1. The smallest absolute Gasteiger partial charge is 0.349 e. The van der Waals surface area contributed by atoms with E-state index < -0.39 is 5.97 Å². The van der Waals surface area contributed by atoms with E-state index in [2.05, 4.69) is 6.58 Å². The first-order valence-corrected chi connectivity index (χ1v) is 6.77. The Morgan fingerprint density at radius 2 is 2.05 bits per heavy atom. The number of carbonyl (C=O) groups excluding carboxylic acids is 1. The first kappa shape index (κ1) is 15.6. The minimum absolute atomic E-state index is 0.0477. The van der Waals surface area contributed by atoms with Crippen molar-refractivity contribution in [1.29, 1.82) is 5.26 Å². The van der Waals surface area contributed by atoms with Crippen LogP contribution < -0.4 is 0 Å². The van der Waals surface area contributed by atoms with Crippen LogP contribution in [-0.2, 0) is 9.53 Å². The summed E-state index contributed by atoms with van der Waals surface area (Å²) >= 11 is 5.83. The number of hydrogen-bond acceptors (Lipinski definition) is 4. The average Bonchev–Trinajstić information content (AvgIpc) is 2.99. The number of furan rings is 1. The number of rotatable bonds is 5. The third-order valence-electron chi connectivity index (χ3n) is 2.71. The number of esters is 1. The van der Waals surface area contributed by atoms with Gasteiger partial charge in [-0.15, -0.1) is 0 Å². The highest BCUT2D eigenvalue weighted by molar-refractivity contribution is 6.30. The Morgan fingerprint density at radius 1 is 1.32 bits per heavy atom. The van der Waals surface area contributed by atoms with Crippen LogP contribution in [0.2, 0.25) is 5.02 Å². The van der Waals surface area contributed by atoms with E-state index in [9.17, 15) is 4.79 Å². The van der Waals surface area contributed by atoms with Gasteiger partial charge in [-0.3, -0.25) is 0 Å². The molecule has 0 amide bonds. The lowest BCUT2D eigenvalue weighted by Crippen LogP contribution is -2.06. The Kier molecular flexibility index (Phi) is 5.18. The summed E-state index contributed by atoms with van der Waals surface area (Å²) in [5.74, 6) is 0.281. The molecule has 0 spiro atoms. The van der Waals surface area contributed by atoms with Gasteiger partial charge in [0.2, 0.25) is 0 Å². The van der Waals surface area contributed by atoms with Gasteiger partial charge < -0.3 is 9.15 Å². The molecule has 0 aliphatic rings. The van der Waals surface area contributed by atoms with Crippen molar-refractivity contribution in [3.05, 3.63) is 65.4 Å². The summed E-state index contributed by atoms with van der Waals surface area (Å²) in [5, 5.41) is 9.64. The fourth-order valence-electron chi connectivity index (χ4n) is 1.69. The Hall–Kier alpha value is -2.77. The van der Waals surface area contributed by atoms with Gasteiger partial charge in [-0.1, -0.05) is 24.3 Å². The maximum Gasteiger partial charge on any atom is 0.349 e. The number of nitrogens with zero attached hydrogens (tertiary/aromatic N) is 1. The molecular formula is C17H12ClNO3. The van der Waals surface area contributed by atoms with Crippen molar-refractivity contribution in [3.63, 3.8) is 0 Å². The molecule has 0 N–H and O–H groups in total. The maximum atomic E-state index is 11.6. The van der Waals surface area contributed by atoms with Crippen molar-refractivity contribution in [3.8, 4) is 17.4 Å². The van der Waals surface area contributed by atoms with E-state index >= 15 is 0 Å². The summed E-state index contributed by atoms with van der Waals surface area (Å²) < 4.78 is 10.4. The van der Waals surface area contributed by atoms with Gasteiger partial charge in [0.1, 0.15) is 29.8 Å². The molecule has 0 radical (unpaired) electrons. The van der Waals surface area contributed by atoms with Crippen LogP contribution in [0.15, 0.2) is 59.0 Å². The Bertz CT molecular complexity index is 751. The van der Waals surface area contributed by atoms with Gasteiger partial charge in [-0.05, 0) is 36.4 Å². The highest BCUT2D eigenvalue weighted by Gasteiger charge is 2.12. The number of ether oxygens (including phenoxy) is 1. The van der Waals surface area contributed by atoms with Gasteiger partial charge in [0.25, 0.3) is 0 Å². The van der Waals surface area contributed by atoms with E-state index in [1.165, 1.54) is 12.2 Å². The van der Waals surface area contributed by atoms with Crippen LogP contribution in [0.5, 0.6) is 0 Å². The zero-order valence-corrected chi connectivity index (χ0v) is 12.3. The molecule has 1 aromatic carbocycles. The van der Waals surface area contributed by atoms with Crippen LogP contribution >= 0.6 is 11.6 Å². The van der Waals surface area contributed by atoms with Crippen molar-refractivity contribution in [2.75, 3.05) is 6.61 Å². The summed E-state index contributed by atoms with van der Waals surface area (Å²) in [5.41, 5.74) is 0.704. The lowest BCUT2D eigenvalue weighted by Gasteiger charge is -1.99. The van der Waals surface area contributed by atoms with Crippen molar-refractivity contribution in [1.82, 2.24) is 0 Å². The fourth-order valence-corrected chi connectivity index (χ4v) is 1.82. The molecule has 1 heterocycles. The quantitative estimate of drug-likeness (QED) is 0.358. The monoisotopic (exact) mass is 313 g/mol. The second-order valence-corrected chi connectivity index (χ2v) is 4.70. The summed E-state index contributed by atoms with van der Waals surface area (Å²) in [7, 11) is 0. The van der Waals surface area contributed by atoms with Crippen LogP contribution in [0.4, 0.5) is 0 Å². The third kappa shape index (κ3) is 3.87. The first-order chi connectivity index (χ1) is 10.6. The molecule has 0 aliphatic heterocycles. The van der Waals surface area contributed by atoms with Crippen LogP contribution in [0.3, 0.4) is 0 Å². The Morgan fingerprint density at radius 3 is 2.68 bits per heavy atom. The van der Waals surface area contributed by atoms with Crippen LogP contribution in [0, 0.1) is 11.3 Å². The highest BCUT2D eigenvalue weighted by Crippen LogP contribution is 2.24. The molecule has 0 aliphatic carbocycles. The normalized spacial score (nSPS) is 10.8. The Labute approximate surface area is 132 Å². The number of hydrogen-bond donors (Lipinski definition) is 0. The fraction of sp³-hybridized carbons (Fsp3) is 0.0588. The first-order valence-electron chi connectivity index (χ1n) is 6.39. The summed E-state index contributed by atoms with van der Waals surface area (Å²) in [6, 6.07) is 12.3. The third-order valence-corrected chi connectivity index (χ3v) is 2.97. The SMILES string of the molecule is C=CCOC(=O)C(C#N)=Cc1ccc(-c2ccc(Cl)cc2)o1. The van der Waals surface area contributed by atoms with Gasteiger partial charge in [0.05, 0.1) is 0 Å². The molecule has 0 bridgehead atoms. The molecule has 2 aromatic rings. The van der Waals surface area contributed by atoms with Crippen molar-refractivity contribution in [2.45, 2.75) is 0 Å². The molecule has 0 saturated carbocycles. The van der Waals surface area contributed by atoms with Gasteiger partial charge >= 0.3 is 5.97 Å². The predicted octanol–water partition coefficient (Wildman–Crippen LogP) is 4.24. The second kappa shape index (κ2) is 7.30. The van der Waals surface area contributed by atoms with Crippen LogP contribution in [0.25, 0.3) is 17.4 Å². The molecular weight excluding hydrogens is 302 g/mol. The molecule has 0 fully saturated rings. The molecule has 2 rings (SSSR count). The summed E-state index contributed by atoms with van der Waals surface area (Å²) in [4.78, 5) is 11.6. The Balaban J connectivity index is 2.21. The van der Waals surface area contributed by atoms with Crippen LogP contribution in [-0.4, -0.2) is 12.6 Å². The molecule has 0 saturated heterocycles. The maximum absolute atomic E-state index is 11.6. The minimum Gasteiger partial charge on any atom is -0.457 e. The van der Waals surface area contributed by atoms with Gasteiger partial charge in [-0.2, -0.15) is 5.26 Å². The average molecular weight is 314 g/mol. The van der Waals surface area contributed by atoms with E-state index in [0.717, 1.165) is 5.56 Å². The van der Waals surface area contributed by atoms with Gasteiger partial charge in [0.15, 0.2) is 0 Å². The molecule has 0 atom stereocenters. The van der Waals surface area contributed by atoms with Crippen molar-refractivity contribution in [2.24, 2.45) is 0 Å². The minimum atomic E-state index is -0.716. The van der Waals surface area contributed by atoms with E-state index in [0.29, 0.717) is 16.5 Å². The van der Waals surface area contributed by atoms with Gasteiger partial charge in [0, 0.05) is 16.7 Å². The lowest BCUT2D eigenvalue weighted by molar-refractivity contribution is -0.137. The molecule has 1 aromatic heterocycles. The van der Waals surface area contributed by atoms with E-state index in [4.69, 9.17) is 26.0 Å². The standard InChI is InChI=1S/C17H12ClNO3/c1-2-9-21-17(20)13(11-19)10-15-7-8-16(22-15)12-3-5-14(18)6-4-12/h2-8,10H,1,9H2. The zero-order valence-electron chi connectivity index (χ0n) is 11.6.